The van der Waals surface area contributed by atoms with Gasteiger partial charge in [-0.1, -0.05) is 12.1 Å². The van der Waals surface area contributed by atoms with Gasteiger partial charge in [0, 0.05) is 0 Å². The zero-order chi connectivity index (χ0) is 15.4. The standard InChI is InChI=1S/C17H15NO3/c1-11-7-8-13(10-18)9-16(11)21-15-6-4-5-14(20-3)17(15)12(2)19/h4-9H,1-3H3. The summed E-state index contributed by atoms with van der Waals surface area (Å²) in [5, 5.41) is 8.96. The van der Waals surface area contributed by atoms with Gasteiger partial charge in [0.05, 0.1) is 18.7 Å². The summed E-state index contributed by atoms with van der Waals surface area (Å²) in [6, 6.07) is 12.4. The molecule has 0 saturated heterocycles. The fraction of sp³-hybridized carbons (Fsp3) is 0.176. The summed E-state index contributed by atoms with van der Waals surface area (Å²) < 4.78 is 11.0. The summed E-state index contributed by atoms with van der Waals surface area (Å²) in [5.41, 5.74) is 1.77. The van der Waals surface area contributed by atoms with Gasteiger partial charge >= 0.3 is 0 Å². The van der Waals surface area contributed by atoms with Crippen molar-refractivity contribution >= 4 is 5.78 Å². The van der Waals surface area contributed by atoms with Crippen molar-refractivity contribution in [3.63, 3.8) is 0 Å². The first kappa shape index (κ1) is 14.6. The third-order valence-electron chi connectivity index (χ3n) is 3.10. The monoisotopic (exact) mass is 281 g/mol. The lowest BCUT2D eigenvalue weighted by molar-refractivity contribution is 0.101. The van der Waals surface area contributed by atoms with E-state index >= 15 is 0 Å². The van der Waals surface area contributed by atoms with Crippen LogP contribution in [0, 0.1) is 18.3 Å². The smallest absolute Gasteiger partial charge is 0.167 e. The quantitative estimate of drug-likeness (QED) is 0.798. The zero-order valence-electron chi connectivity index (χ0n) is 12.1. The second-order valence-corrected chi connectivity index (χ2v) is 4.58. The summed E-state index contributed by atoms with van der Waals surface area (Å²) in [5.74, 6) is 1.29. The number of carbonyl (C=O) groups is 1. The first-order valence-electron chi connectivity index (χ1n) is 6.43. The van der Waals surface area contributed by atoms with Crippen molar-refractivity contribution in [3.05, 3.63) is 53.1 Å². The molecule has 4 heteroatoms. The largest absolute Gasteiger partial charge is 0.496 e. The molecule has 0 unspecified atom stereocenters. The number of nitrogens with zero attached hydrogens (tertiary/aromatic N) is 1. The maximum Gasteiger partial charge on any atom is 0.167 e. The van der Waals surface area contributed by atoms with Crippen LogP contribution in [-0.2, 0) is 0 Å². The van der Waals surface area contributed by atoms with Crippen molar-refractivity contribution in [2.45, 2.75) is 13.8 Å². The van der Waals surface area contributed by atoms with Crippen molar-refractivity contribution in [1.29, 1.82) is 5.26 Å². The SMILES string of the molecule is COc1cccc(Oc2cc(C#N)ccc2C)c1C(C)=O. The van der Waals surface area contributed by atoms with Crippen LogP contribution in [-0.4, -0.2) is 12.9 Å². The third-order valence-corrected chi connectivity index (χ3v) is 3.10. The van der Waals surface area contributed by atoms with Crippen LogP contribution in [0.2, 0.25) is 0 Å². The first-order valence-corrected chi connectivity index (χ1v) is 6.43. The summed E-state index contributed by atoms with van der Waals surface area (Å²) in [7, 11) is 1.51. The Kier molecular flexibility index (Phi) is 4.24. The summed E-state index contributed by atoms with van der Waals surface area (Å²) >= 11 is 0. The van der Waals surface area contributed by atoms with Crippen LogP contribution in [0.1, 0.15) is 28.4 Å². The van der Waals surface area contributed by atoms with Crippen molar-refractivity contribution in [2.24, 2.45) is 0 Å². The number of carbonyl (C=O) groups excluding carboxylic acids is 1. The molecular formula is C17H15NO3. The molecule has 0 fully saturated rings. The number of aryl methyl sites for hydroxylation is 1. The van der Waals surface area contributed by atoms with Gasteiger partial charge in [0.15, 0.2) is 5.78 Å². The van der Waals surface area contributed by atoms with E-state index in [-0.39, 0.29) is 5.78 Å². The van der Waals surface area contributed by atoms with Crippen molar-refractivity contribution in [2.75, 3.05) is 7.11 Å². The van der Waals surface area contributed by atoms with Crippen LogP contribution in [0.4, 0.5) is 0 Å². The van der Waals surface area contributed by atoms with Crippen LogP contribution >= 0.6 is 0 Å². The number of Topliss-reactive ketones (excluding diaryl/α,β-unsaturated/α-hetero) is 1. The molecule has 4 nitrogen and oxygen atoms in total. The average Bonchev–Trinajstić information content (AvgIpc) is 2.48. The number of hydrogen-bond donors (Lipinski definition) is 0. The highest BCUT2D eigenvalue weighted by molar-refractivity contribution is 5.99. The van der Waals surface area contributed by atoms with E-state index in [2.05, 4.69) is 6.07 Å². The lowest BCUT2D eigenvalue weighted by Crippen LogP contribution is -2.01. The molecule has 21 heavy (non-hydrogen) atoms. The highest BCUT2D eigenvalue weighted by atomic mass is 16.5. The molecule has 106 valence electrons. The number of rotatable bonds is 4. The first-order chi connectivity index (χ1) is 10.1. The minimum Gasteiger partial charge on any atom is -0.496 e. The van der Waals surface area contributed by atoms with Crippen LogP contribution < -0.4 is 9.47 Å². The molecule has 0 saturated carbocycles. The van der Waals surface area contributed by atoms with E-state index in [4.69, 9.17) is 14.7 Å². The van der Waals surface area contributed by atoms with Crippen molar-refractivity contribution in [1.82, 2.24) is 0 Å². The van der Waals surface area contributed by atoms with Crippen LogP contribution in [0.25, 0.3) is 0 Å². The Morgan fingerprint density at radius 1 is 1.14 bits per heavy atom. The van der Waals surface area contributed by atoms with E-state index in [0.29, 0.717) is 28.4 Å². The molecular weight excluding hydrogens is 266 g/mol. The highest BCUT2D eigenvalue weighted by Gasteiger charge is 2.16. The van der Waals surface area contributed by atoms with Gasteiger partial charge in [-0.15, -0.1) is 0 Å². The molecule has 0 amide bonds. The fourth-order valence-corrected chi connectivity index (χ4v) is 2.01. The van der Waals surface area contributed by atoms with E-state index in [1.807, 2.05) is 13.0 Å². The van der Waals surface area contributed by atoms with Gasteiger partial charge < -0.3 is 9.47 Å². The Morgan fingerprint density at radius 3 is 2.48 bits per heavy atom. The zero-order valence-corrected chi connectivity index (χ0v) is 12.1. The second kappa shape index (κ2) is 6.10. The Labute approximate surface area is 123 Å². The lowest BCUT2D eigenvalue weighted by Gasteiger charge is -2.14. The van der Waals surface area contributed by atoms with E-state index in [1.165, 1.54) is 14.0 Å². The third kappa shape index (κ3) is 3.03. The van der Waals surface area contributed by atoms with Crippen LogP contribution in [0.3, 0.4) is 0 Å². The molecule has 0 aliphatic heterocycles. The van der Waals surface area contributed by atoms with Crippen molar-refractivity contribution < 1.29 is 14.3 Å². The number of methoxy groups -OCH3 is 1. The Bertz CT molecular complexity index is 729. The van der Waals surface area contributed by atoms with E-state index < -0.39 is 0 Å². The maximum absolute atomic E-state index is 11.8. The van der Waals surface area contributed by atoms with Crippen molar-refractivity contribution in [3.8, 4) is 23.3 Å². The number of ether oxygens (including phenoxy) is 2. The van der Waals surface area contributed by atoms with Gasteiger partial charge in [-0.3, -0.25) is 4.79 Å². The number of nitriles is 1. The van der Waals surface area contributed by atoms with Crippen LogP contribution in [0.15, 0.2) is 36.4 Å². The fourth-order valence-electron chi connectivity index (χ4n) is 2.01. The van der Waals surface area contributed by atoms with E-state index in [1.54, 1.807) is 30.3 Å². The molecule has 0 atom stereocenters. The number of ketones is 1. The van der Waals surface area contributed by atoms with Crippen LogP contribution in [0.5, 0.6) is 17.2 Å². The topological polar surface area (TPSA) is 59.3 Å². The van der Waals surface area contributed by atoms with E-state index in [0.717, 1.165) is 5.56 Å². The molecule has 2 aromatic carbocycles. The Hall–Kier alpha value is -2.80. The summed E-state index contributed by atoms with van der Waals surface area (Å²) in [6.45, 7) is 3.34. The Morgan fingerprint density at radius 2 is 1.86 bits per heavy atom. The minimum absolute atomic E-state index is 0.142. The summed E-state index contributed by atoms with van der Waals surface area (Å²) in [4.78, 5) is 11.8. The Balaban J connectivity index is 2.50. The predicted octanol–water partition coefficient (Wildman–Crippen LogP) is 3.87. The summed E-state index contributed by atoms with van der Waals surface area (Å²) in [6.07, 6.45) is 0. The molecule has 0 spiro atoms. The van der Waals surface area contributed by atoms with Gasteiger partial charge in [-0.05, 0) is 43.7 Å². The predicted molar refractivity (Wildman–Crippen MR) is 79.0 cm³/mol. The minimum atomic E-state index is -0.142. The molecule has 0 heterocycles. The molecule has 0 aromatic heterocycles. The molecule has 0 aliphatic rings. The van der Waals surface area contributed by atoms with Gasteiger partial charge in [0.2, 0.25) is 0 Å². The number of hydrogen-bond acceptors (Lipinski definition) is 4. The van der Waals surface area contributed by atoms with Gasteiger partial charge in [0.25, 0.3) is 0 Å². The molecule has 0 bridgehead atoms. The van der Waals surface area contributed by atoms with E-state index in [9.17, 15) is 4.79 Å². The maximum atomic E-state index is 11.8. The molecule has 2 aromatic rings. The second-order valence-electron chi connectivity index (χ2n) is 4.58. The number of benzene rings is 2. The molecule has 0 N–H and O–H groups in total. The van der Waals surface area contributed by atoms with Gasteiger partial charge in [-0.2, -0.15) is 5.26 Å². The molecule has 0 radical (unpaired) electrons. The van der Waals surface area contributed by atoms with Gasteiger partial charge in [0.1, 0.15) is 22.8 Å². The molecule has 0 aliphatic carbocycles. The van der Waals surface area contributed by atoms with Gasteiger partial charge in [-0.25, -0.2) is 0 Å². The highest BCUT2D eigenvalue weighted by Crippen LogP contribution is 2.33. The lowest BCUT2D eigenvalue weighted by atomic mass is 10.1. The molecule has 2 rings (SSSR count). The average molecular weight is 281 g/mol. The normalized spacial score (nSPS) is 9.81.